The van der Waals surface area contributed by atoms with Gasteiger partial charge in [0.05, 0.1) is 10.7 Å². The van der Waals surface area contributed by atoms with Crippen LogP contribution < -0.4 is 10.6 Å². The fourth-order valence-corrected chi connectivity index (χ4v) is 3.84. The van der Waals surface area contributed by atoms with Crippen molar-refractivity contribution in [1.29, 1.82) is 0 Å². The molecule has 0 saturated heterocycles. The maximum absolute atomic E-state index is 12.9. The van der Waals surface area contributed by atoms with E-state index >= 15 is 0 Å². The summed E-state index contributed by atoms with van der Waals surface area (Å²) in [5.41, 5.74) is 3.83. The van der Waals surface area contributed by atoms with Crippen LogP contribution in [0.25, 0.3) is 0 Å². The van der Waals surface area contributed by atoms with Crippen molar-refractivity contribution in [3.63, 3.8) is 0 Å². The lowest BCUT2D eigenvalue weighted by Crippen LogP contribution is -2.17. The quantitative estimate of drug-likeness (QED) is 0.324. The molecule has 0 bridgehead atoms. The number of carbonyl (C=O) groups excluding carboxylic acids is 2. The van der Waals surface area contributed by atoms with E-state index < -0.39 is 0 Å². The smallest absolute Gasteiger partial charge is 0.255 e. The second kappa shape index (κ2) is 10.6. The summed E-state index contributed by atoms with van der Waals surface area (Å²) in [4.78, 5) is 25.4. The van der Waals surface area contributed by atoms with Crippen LogP contribution in [-0.2, 0) is 4.79 Å². The van der Waals surface area contributed by atoms with E-state index in [2.05, 4.69) is 10.6 Å². The first-order chi connectivity index (χ1) is 16.1. The van der Waals surface area contributed by atoms with Gasteiger partial charge in [-0.3, -0.25) is 9.59 Å². The molecule has 5 heteroatoms. The molecule has 164 valence electrons. The fourth-order valence-electron chi connectivity index (χ4n) is 3.66. The number of hydrogen-bond acceptors (Lipinski definition) is 2. The molecular weight excluding hydrogens is 432 g/mol. The number of carbonyl (C=O) groups is 2. The highest BCUT2D eigenvalue weighted by Crippen LogP contribution is 2.28. The van der Waals surface area contributed by atoms with Gasteiger partial charge in [-0.2, -0.15) is 0 Å². The summed E-state index contributed by atoms with van der Waals surface area (Å²) in [6.45, 7) is 0. The van der Waals surface area contributed by atoms with Crippen LogP contribution in [0.5, 0.6) is 0 Å². The maximum atomic E-state index is 12.9. The Morgan fingerprint density at radius 2 is 1.21 bits per heavy atom. The first kappa shape index (κ1) is 22.3. The molecule has 0 aliphatic rings. The highest BCUT2D eigenvalue weighted by molar-refractivity contribution is 6.33. The molecule has 4 aromatic carbocycles. The molecule has 0 aromatic heterocycles. The molecule has 0 aliphatic carbocycles. The van der Waals surface area contributed by atoms with E-state index in [0.717, 1.165) is 11.1 Å². The van der Waals surface area contributed by atoms with E-state index in [4.69, 9.17) is 11.6 Å². The van der Waals surface area contributed by atoms with Crippen molar-refractivity contribution in [3.05, 3.63) is 131 Å². The van der Waals surface area contributed by atoms with Gasteiger partial charge in [-0.15, -0.1) is 0 Å². The molecule has 0 heterocycles. The third kappa shape index (κ3) is 5.88. The molecular formula is C28H23ClN2O2. The van der Waals surface area contributed by atoms with Crippen LogP contribution >= 0.6 is 11.6 Å². The van der Waals surface area contributed by atoms with Gasteiger partial charge in [-0.1, -0.05) is 84.4 Å². The van der Waals surface area contributed by atoms with Gasteiger partial charge < -0.3 is 10.6 Å². The number of anilines is 2. The molecule has 0 unspecified atom stereocenters. The summed E-state index contributed by atoms with van der Waals surface area (Å²) in [6, 6.07) is 33.9. The lowest BCUT2D eigenvalue weighted by molar-refractivity contribution is -0.116. The average Bonchev–Trinajstić information content (AvgIpc) is 2.85. The SMILES string of the molecule is O=C(CC(c1ccccc1)c1ccccc1)Nc1ccc(C(=O)Nc2ccccc2Cl)cc1. The first-order valence-corrected chi connectivity index (χ1v) is 11.0. The Morgan fingerprint density at radius 1 is 0.667 bits per heavy atom. The molecule has 4 rings (SSSR count). The Bertz CT molecular complexity index is 1190. The Labute approximate surface area is 198 Å². The van der Waals surface area contributed by atoms with Crippen molar-refractivity contribution in [2.45, 2.75) is 12.3 Å². The van der Waals surface area contributed by atoms with E-state index in [-0.39, 0.29) is 17.7 Å². The number of rotatable bonds is 7. The fraction of sp³-hybridized carbons (Fsp3) is 0.0714. The lowest BCUT2D eigenvalue weighted by atomic mass is 9.88. The topological polar surface area (TPSA) is 58.2 Å². The van der Waals surface area contributed by atoms with Crippen molar-refractivity contribution >= 4 is 34.8 Å². The molecule has 0 fully saturated rings. The maximum Gasteiger partial charge on any atom is 0.255 e. The number of nitrogens with one attached hydrogen (secondary N) is 2. The zero-order valence-electron chi connectivity index (χ0n) is 17.9. The minimum absolute atomic E-state index is 0.0481. The third-order valence-electron chi connectivity index (χ3n) is 5.35. The van der Waals surface area contributed by atoms with E-state index in [9.17, 15) is 9.59 Å². The second-order valence-electron chi connectivity index (χ2n) is 7.64. The predicted octanol–water partition coefficient (Wildman–Crippen LogP) is 6.75. The van der Waals surface area contributed by atoms with Crippen LogP contribution in [0.4, 0.5) is 11.4 Å². The molecule has 2 amide bonds. The van der Waals surface area contributed by atoms with Crippen molar-refractivity contribution in [1.82, 2.24) is 0 Å². The van der Waals surface area contributed by atoms with Gasteiger partial charge in [-0.25, -0.2) is 0 Å². The van der Waals surface area contributed by atoms with Gasteiger partial charge in [0.1, 0.15) is 0 Å². The molecule has 0 atom stereocenters. The zero-order chi connectivity index (χ0) is 23.0. The highest BCUT2D eigenvalue weighted by atomic mass is 35.5. The zero-order valence-corrected chi connectivity index (χ0v) is 18.6. The van der Waals surface area contributed by atoms with Gasteiger partial charge in [0.2, 0.25) is 5.91 Å². The van der Waals surface area contributed by atoms with E-state index in [1.165, 1.54) is 0 Å². The summed E-state index contributed by atoms with van der Waals surface area (Å²) in [5.74, 6) is -0.414. The monoisotopic (exact) mass is 454 g/mol. The Hall–Kier alpha value is -3.89. The summed E-state index contributed by atoms with van der Waals surface area (Å²) in [6.07, 6.45) is 0.308. The summed E-state index contributed by atoms with van der Waals surface area (Å²) in [5, 5.41) is 6.21. The van der Waals surface area contributed by atoms with Crippen LogP contribution in [0.15, 0.2) is 109 Å². The van der Waals surface area contributed by atoms with Crippen LogP contribution in [0.1, 0.15) is 33.8 Å². The second-order valence-corrected chi connectivity index (χ2v) is 8.04. The van der Waals surface area contributed by atoms with Gasteiger partial charge in [0, 0.05) is 23.6 Å². The van der Waals surface area contributed by atoms with Crippen LogP contribution in [0.2, 0.25) is 5.02 Å². The molecule has 4 nitrogen and oxygen atoms in total. The normalized spacial score (nSPS) is 10.6. The van der Waals surface area contributed by atoms with E-state index in [1.807, 2.05) is 60.7 Å². The van der Waals surface area contributed by atoms with Gasteiger partial charge in [-0.05, 0) is 47.5 Å². The summed E-state index contributed by atoms with van der Waals surface area (Å²) >= 11 is 6.11. The van der Waals surface area contributed by atoms with Gasteiger partial charge in [0.25, 0.3) is 5.91 Å². The number of hydrogen-bond donors (Lipinski definition) is 2. The number of para-hydroxylation sites is 1. The molecule has 4 aromatic rings. The predicted molar refractivity (Wildman–Crippen MR) is 134 cm³/mol. The Kier molecular flexibility index (Phi) is 7.18. The number of benzene rings is 4. The highest BCUT2D eigenvalue weighted by Gasteiger charge is 2.18. The lowest BCUT2D eigenvalue weighted by Gasteiger charge is -2.18. The van der Waals surface area contributed by atoms with Crippen molar-refractivity contribution in [3.8, 4) is 0 Å². The average molecular weight is 455 g/mol. The Morgan fingerprint density at radius 3 is 1.79 bits per heavy atom. The third-order valence-corrected chi connectivity index (χ3v) is 5.68. The first-order valence-electron chi connectivity index (χ1n) is 10.7. The van der Waals surface area contributed by atoms with Crippen molar-refractivity contribution < 1.29 is 9.59 Å². The molecule has 0 radical (unpaired) electrons. The molecule has 2 N–H and O–H groups in total. The molecule has 0 spiro atoms. The molecule has 0 aliphatic heterocycles. The molecule has 0 saturated carbocycles. The van der Waals surface area contributed by atoms with E-state index in [0.29, 0.717) is 28.4 Å². The van der Waals surface area contributed by atoms with E-state index in [1.54, 1.807) is 48.5 Å². The van der Waals surface area contributed by atoms with Gasteiger partial charge in [0.15, 0.2) is 0 Å². The summed E-state index contributed by atoms with van der Waals surface area (Å²) < 4.78 is 0. The van der Waals surface area contributed by atoms with Gasteiger partial charge >= 0.3 is 0 Å². The number of amides is 2. The van der Waals surface area contributed by atoms with Crippen LogP contribution in [0, 0.1) is 0 Å². The summed E-state index contributed by atoms with van der Waals surface area (Å²) in [7, 11) is 0. The van der Waals surface area contributed by atoms with Crippen molar-refractivity contribution in [2.75, 3.05) is 10.6 Å². The molecule has 33 heavy (non-hydrogen) atoms. The van der Waals surface area contributed by atoms with Crippen LogP contribution in [0.3, 0.4) is 0 Å². The minimum atomic E-state index is -0.269. The van der Waals surface area contributed by atoms with Crippen LogP contribution in [-0.4, -0.2) is 11.8 Å². The standard InChI is InChI=1S/C28H23ClN2O2/c29-25-13-7-8-14-26(25)31-28(33)22-15-17-23(18-16-22)30-27(32)19-24(20-9-3-1-4-10-20)21-11-5-2-6-12-21/h1-18,24H,19H2,(H,30,32)(H,31,33). The largest absolute Gasteiger partial charge is 0.326 e. The van der Waals surface area contributed by atoms with Crippen molar-refractivity contribution in [2.24, 2.45) is 0 Å². The number of halogens is 1. The Balaban J connectivity index is 1.42. The minimum Gasteiger partial charge on any atom is -0.326 e.